The third kappa shape index (κ3) is 6.41. The summed E-state index contributed by atoms with van der Waals surface area (Å²) in [7, 11) is 0. The van der Waals surface area contributed by atoms with E-state index >= 15 is 0 Å². The Morgan fingerprint density at radius 3 is 2.73 bits per heavy atom. The zero-order valence-electron chi connectivity index (χ0n) is 12.1. The van der Waals surface area contributed by atoms with Gasteiger partial charge in [0, 0.05) is 23.1 Å². The fourth-order valence-electron chi connectivity index (χ4n) is 1.80. The monoisotopic (exact) mass is 335 g/mol. The van der Waals surface area contributed by atoms with E-state index in [0.29, 0.717) is 12.3 Å². The second-order valence-electron chi connectivity index (χ2n) is 4.63. The Morgan fingerprint density at radius 2 is 1.95 bits per heavy atom. The molecule has 0 saturated carbocycles. The van der Waals surface area contributed by atoms with E-state index in [2.05, 4.69) is 5.32 Å². The van der Waals surface area contributed by atoms with E-state index in [1.165, 1.54) is 5.56 Å². The number of para-hydroxylation sites is 1. The lowest BCUT2D eigenvalue weighted by atomic mass is 10.2. The molecule has 0 spiro atoms. The Bertz CT molecular complexity index is 592. The van der Waals surface area contributed by atoms with Crippen LogP contribution in [-0.2, 0) is 10.5 Å². The van der Waals surface area contributed by atoms with Crippen LogP contribution in [0, 0.1) is 0 Å². The number of nitrogens with one attached hydrogen (secondary N) is 1. The molecule has 0 heterocycles. The van der Waals surface area contributed by atoms with Crippen molar-refractivity contribution in [2.75, 3.05) is 18.9 Å². The molecule has 2 rings (SSSR count). The van der Waals surface area contributed by atoms with Crippen molar-refractivity contribution in [3.63, 3.8) is 0 Å². The highest BCUT2D eigenvalue weighted by Crippen LogP contribution is 2.16. The van der Waals surface area contributed by atoms with Gasteiger partial charge in [0.2, 0.25) is 0 Å². The maximum atomic E-state index is 11.6. The van der Waals surface area contributed by atoms with Crippen molar-refractivity contribution in [2.45, 2.75) is 5.75 Å². The first-order valence-electron chi connectivity index (χ1n) is 7.01. The summed E-state index contributed by atoms with van der Waals surface area (Å²) in [5, 5.41) is 3.59. The number of benzene rings is 2. The summed E-state index contributed by atoms with van der Waals surface area (Å²) in [6.45, 7) is 0.672. The molecule has 2 aromatic carbocycles. The van der Waals surface area contributed by atoms with Gasteiger partial charge in [0.25, 0.3) is 5.91 Å². The predicted octanol–water partition coefficient (Wildman–Crippen LogP) is 3.77. The highest BCUT2D eigenvalue weighted by atomic mass is 35.5. The van der Waals surface area contributed by atoms with E-state index in [1.807, 2.05) is 54.6 Å². The van der Waals surface area contributed by atoms with Crippen LogP contribution < -0.4 is 10.1 Å². The number of carbonyl (C=O) groups is 1. The van der Waals surface area contributed by atoms with Gasteiger partial charge in [0.05, 0.1) is 0 Å². The normalized spacial score (nSPS) is 10.2. The molecule has 0 atom stereocenters. The van der Waals surface area contributed by atoms with Crippen LogP contribution in [0.2, 0.25) is 5.02 Å². The van der Waals surface area contributed by atoms with Crippen molar-refractivity contribution >= 4 is 29.3 Å². The molecule has 1 amide bonds. The molecule has 22 heavy (non-hydrogen) atoms. The van der Waals surface area contributed by atoms with E-state index in [4.69, 9.17) is 16.3 Å². The number of thioether (sulfide) groups is 1. The van der Waals surface area contributed by atoms with Gasteiger partial charge in [-0.3, -0.25) is 4.79 Å². The van der Waals surface area contributed by atoms with Gasteiger partial charge in [-0.05, 0) is 29.8 Å². The van der Waals surface area contributed by atoms with E-state index in [0.717, 1.165) is 16.5 Å². The molecule has 0 aromatic heterocycles. The first-order chi connectivity index (χ1) is 10.7. The van der Waals surface area contributed by atoms with E-state index in [1.54, 1.807) is 11.8 Å². The van der Waals surface area contributed by atoms with Gasteiger partial charge >= 0.3 is 0 Å². The molecule has 3 nitrogen and oxygen atoms in total. The van der Waals surface area contributed by atoms with Gasteiger partial charge in [-0.1, -0.05) is 41.9 Å². The molecular formula is C17H18ClNO2S. The minimum atomic E-state index is -0.104. The Labute approximate surface area is 140 Å². The van der Waals surface area contributed by atoms with Crippen molar-refractivity contribution in [3.05, 3.63) is 65.2 Å². The second kappa shape index (κ2) is 9.38. The Balaban J connectivity index is 1.55. The molecule has 0 aliphatic carbocycles. The van der Waals surface area contributed by atoms with Gasteiger partial charge < -0.3 is 10.1 Å². The molecule has 5 heteroatoms. The lowest BCUT2D eigenvalue weighted by Crippen LogP contribution is -2.30. The molecular weight excluding hydrogens is 318 g/mol. The van der Waals surface area contributed by atoms with Crippen molar-refractivity contribution in [1.82, 2.24) is 5.32 Å². The van der Waals surface area contributed by atoms with Crippen molar-refractivity contribution in [1.29, 1.82) is 0 Å². The number of carbonyl (C=O) groups excluding carboxylic acids is 1. The maximum absolute atomic E-state index is 11.6. The number of halogens is 1. The van der Waals surface area contributed by atoms with Gasteiger partial charge in [0.1, 0.15) is 5.75 Å². The summed E-state index contributed by atoms with van der Waals surface area (Å²) in [4.78, 5) is 11.6. The number of hydrogen-bond acceptors (Lipinski definition) is 3. The molecule has 0 fully saturated rings. The minimum absolute atomic E-state index is 0.0446. The molecule has 0 radical (unpaired) electrons. The third-order valence-corrected chi connectivity index (χ3v) is 4.10. The van der Waals surface area contributed by atoms with Crippen LogP contribution in [0.15, 0.2) is 54.6 Å². The van der Waals surface area contributed by atoms with E-state index in [9.17, 15) is 4.79 Å². The van der Waals surface area contributed by atoms with Gasteiger partial charge in [-0.15, -0.1) is 0 Å². The largest absolute Gasteiger partial charge is 0.484 e. The number of ether oxygens (including phenoxy) is 1. The number of hydrogen-bond donors (Lipinski definition) is 1. The summed E-state index contributed by atoms with van der Waals surface area (Å²) in [6, 6.07) is 17.1. The average molecular weight is 336 g/mol. The highest BCUT2D eigenvalue weighted by Gasteiger charge is 2.02. The van der Waals surface area contributed by atoms with Crippen LogP contribution in [-0.4, -0.2) is 24.8 Å². The first-order valence-corrected chi connectivity index (χ1v) is 8.54. The molecule has 2 aromatic rings. The molecule has 0 aliphatic heterocycles. The Morgan fingerprint density at radius 1 is 1.14 bits per heavy atom. The zero-order valence-corrected chi connectivity index (χ0v) is 13.7. The summed E-state index contributed by atoms with van der Waals surface area (Å²) < 4.78 is 5.37. The Kier molecular flexibility index (Phi) is 7.13. The summed E-state index contributed by atoms with van der Waals surface area (Å²) in [6.07, 6.45) is 0. The van der Waals surface area contributed by atoms with Crippen LogP contribution in [0.4, 0.5) is 0 Å². The lowest BCUT2D eigenvalue weighted by Gasteiger charge is -2.07. The van der Waals surface area contributed by atoms with Gasteiger partial charge in [0.15, 0.2) is 6.61 Å². The highest BCUT2D eigenvalue weighted by molar-refractivity contribution is 7.98. The molecule has 1 N–H and O–H groups in total. The van der Waals surface area contributed by atoms with Gasteiger partial charge in [-0.2, -0.15) is 11.8 Å². The standard InChI is InChI=1S/C17H18ClNO2S/c18-15-6-4-5-14(11-15)13-22-10-9-19-17(20)12-21-16-7-2-1-3-8-16/h1-8,11H,9-10,12-13H2,(H,19,20). The second-order valence-corrected chi connectivity index (χ2v) is 6.18. The SMILES string of the molecule is O=C(COc1ccccc1)NCCSCc1cccc(Cl)c1. The molecule has 116 valence electrons. The van der Waals surface area contributed by atoms with E-state index in [-0.39, 0.29) is 12.5 Å². The van der Waals surface area contributed by atoms with Crippen LogP contribution in [0.3, 0.4) is 0 Å². The van der Waals surface area contributed by atoms with Crippen LogP contribution in [0.5, 0.6) is 5.75 Å². The van der Waals surface area contributed by atoms with Crippen LogP contribution >= 0.6 is 23.4 Å². The van der Waals surface area contributed by atoms with Crippen molar-refractivity contribution < 1.29 is 9.53 Å². The summed E-state index contributed by atoms with van der Waals surface area (Å²) in [5.41, 5.74) is 1.19. The smallest absolute Gasteiger partial charge is 0.257 e. The molecule has 0 bridgehead atoms. The number of rotatable bonds is 8. The maximum Gasteiger partial charge on any atom is 0.257 e. The molecule has 0 saturated heterocycles. The topological polar surface area (TPSA) is 38.3 Å². The van der Waals surface area contributed by atoms with Crippen molar-refractivity contribution in [3.8, 4) is 5.75 Å². The van der Waals surface area contributed by atoms with Gasteiger partial charge in [-0.25, -0.2) is 0 Å². The zero-order chi connectivity index (χ0) is 15.6. The first kappa shape index (κ1) is 16.7. The summed E-state index contributed by atoms with van der Waals surface area (Å²) in [5.74, 6) is 2.33. The summed E-state index contributed by atoms with van der Waals surface area (Å²) >= 11 is 7.69. The quantitative estimate of drug-likeness (QED) is 0.746. The molecule has 0 aliphatic rings. The number of amides is 1. The molecule has 0 unspecified atom stereocenters. The van der Waals surface area contributed by atoms with Crippen LogP contribution in [0.25, 0.3) is 0 Å². The average Bonchev–Trinajstić information content (AvgIpc) is 2.54. The Hall–Kier alpha value is -1.65. The predicted molar refractivity (Wildman–Crippen MR) is 92.6 cm³/mol. The fourth-order valence-corrected chi connectivity index (χ4v) is 2.81. The third-order valence-electron chi connectivity index (χ3n) is 2.84. The lowest BCUT2D eigenvalue weighted by molar-refractivity contribution is -0.122. The van der Waals surface area contributed by atoms with Crippen LogP contribution in [0.1, 0.15) is 5.56 Å². The van der Waals surface area contributed by atoms with Crippen molar-refractivity contribution in [2.24, 2.45) is 0 Å². The van der Waals surface area contributed by atoms with E-state index < -0.39 is 0 Å². The minimum Gasteiger partial charge on any atom is -0.484 e. The fraction of sp³-hybridized carbons (Fsp3) is 0.235.